The van der Waals surface area contributed by atoms with Gasteiger partial charge >= 0.3 is 0 Å². The van der Waals surface area contributed by atoms with E-state index in [-0.39, 0.29) is 26.9 Å². The third-order valence-corrected chi connectivity index (χ3v) is 6.96. The van der Waals surface area contributed by atoms with Gasteiger partial charge < -0.3 is 10.1 Å². The van der Waals surface area contributed by atoms with E-state index < -0.39 is 21.7 Å². The van der Waals surface area contributed by atoms with Crippen LogP contribution in [-0.4, -0.2) is 21.4 Å². The van der Waals surface area contributed by atoms with Crippen LogP contribution in [0.1, 0.15) is 15.9 Å². The Labute approximate surface area is 177 Å². The maximum atomic E-state index is 13.2. The first kappa shape index (κ1) is 20.2. The molecule has 154 valence electrons. The fourth-order valence-electron chi connectivity index (χ4n) is 3.06. The number of hydrogen-bond donors (Lipinski definition) is 1. The lowest BCUT2D eigenvalue weighted by Crippen LogP contribution is -2.27. The second-order valence-corrected chi connectivity index (χ2v) is 9.13. The number of amides is 1. The first-order valence-corrected chi connectivity index (χ1v) is 10.7. The molecule has 0 bridgehead atoms. The number of sulfonamides is 1. The van der Waals surface area contributed by atoms with E-state index in [1.54, 1.807) is 12.1 Å². The summed E-state index contributed by atoms with van der Waals surface area (Å²) < 4.78 is 46.3. The number of ether oxygens (including phenoxy) is 1. The van der Waals surface area contributed by atoms with Crippen molar-refractivity contribution < 1.29 is 22.3 Å². The lowest BCUT2D eigenvalue weighted by molar-refractivity contribution is 0.102. The van der Waals surface area contributed by atoms with Crippen LogP contribution in [0.5, 0.6) is 11.5 Å². The maximum Gasteiger partial charge on any atom is 0.265 e. The van der Waals surface area contributed by atoms with Gasteiger partial charge in [0.05, 0.1) is 22.0 Å². The summed E-state index contributed by atoms with van der Waals surface area (Å²) in [7, 11) is -2.82. The number of hydrogen-bond acceptors (Lipinski definition) is 4. The number of fused-ring (bicyclic) bond motifs is 2. The van der Waals surface area contributed by atoms with Gasteiger partial charge in [-0.3, -0.25) is 9.10 Å². The van der Waals surface area contributed by atoms with Crippen molar-refractivity contribution in [2.75, 3.05) is 16.7 Å². The van der Waals surface area contributed by atoms with Gasteiger partial charge in [-0.25, -0.2) is 12.8 Å². The van der Waals surface area contributed by atoms with E-state index >= 15 is 0 Å². The van der Waals surface area contributed by atoms with Crippen molar-refractivity contribution in [3.63, 3.8) is 0 Å². The molecule has 0 atom stereocenters. The van der Waals surface area contributed by atoms with Gasteiger partial charge in [-0.05, 0) is 55.0 Å². The summed E-state index contributed by atoms with van der Waals surface area (Å²) in [6.07, 6.45) is 0. The Morgan fingerprint density at radius 2 is 1.73 bits per heavy atom. The largest absolute Gasteiger partial charge is 0.454 e. The molecular formula is C21H16ClFN2O4S. The third-order valence-electron chi connectivity index (χ3n) is 4.71. The Morgan fingerprint density at radius 1 is 1.03 bits per heavy atom. The number of benzene rings is 3. The van der Waals surface area contributed by atoms with Crippen molar-refractivity contribution in [1.29, 1.82) is 0 Å². The molecule has 1 amide bonds. The molecule has 0 saturated carbocycles. The molecule has 0 unspecified atom stereocenters. The number of carbonyl (C=O) groups excluding carboxylic acids is 1. The first-order chi connectivity index (χ1) is 14.2. The molecule has 1 aliphatic heterocycles. The standard InChI is InChI=1S/C21H16ClFN2O4S/c1-12-3-8-17-19(9-12)29-18-11-16(22)20(10-15(18)21(26)24-17)30(27,28)25(2)14-6-4-13(23)5-7-14/h3-11H,1-2H3,(H,24,26). The average Bonchev–Trinajstić information content (AvgIpc) is 2.82. The molecule has 0 saturated heterocycles. The van der Waals surface area contributed by atoms with Crippen molar-refractivity contribution >= 4 is 38.9 Å². The highest BCUT2D eigenvalue weighted by Crippen LogP contribution is 2.40. The zero-order valence-electron chi connectivity index (χ0n) is 15.9. The van der Waals surface area contributed by atoms with Gasteiger partial charge in [0, 0.05) is 13.1 Å². The van der Waals surface area contributed by atoms with Gasteiger partial charge in [0.2, 0.25) is 0 Å². The number of aryl methyl sites for hydroxylation is 1. The van der Waals surface area contributed by atoms with Crippen LogP contribution in [0.4, 0.5) is 15.8 Å². The average molecular weight is 447 g/mol. The van der Waals surface area contributed by atoms with Crippen LogP contribution in [0.2, 0.25) is 5.02 Å². The Balaban J connectivity index is 1.79. The van der Waals surface area contributed by atoms with Crippen LogP contribution in [-0.2, 0) is 10.0 Å². The Kier molecular flexibility index (Phi) is 4.91. The minimum atomic E-state index is -4.14. The molecule has 0 aromatic heterocycles. The zero-order valence-corrected chi connectivity index (χ0v) is 17.5. The van der Waals surface area contributed by atoms with Crippen molar-refractivity contribution in [2.45, 2.75) is 11.8 Å². The van der Waals surface area contributed by atoms with Gasteiger partial charge in [0.15, 0.2) is 5.75 Å². The number of nitrogens with one attached hydrogen (secondary N) is 1. The van der Waals surface area contributed by atoms with Crippen molar-refractivity contribution in [1.82, 2.24) is 0 Å². The van der Waals surface area contributed by atoms with Crippen LogP contribution in [0.25, 0.3) is 0 Å². The summed E-state index contributed by atoms with van der Waals surface area (Å²) in [5.41, 5.74) is 1.66. The van der Waals surface area contributed by atoms with E-state index in [0.29, 0.717) is 11.4 Å². The summed E-state index contributed by atoms with van der Waals surface area (Å²) >= 11 is 6.28. The van der Waals surface area contributed by atoms with Crippen molar-refractivity contribution in [3.8, 4) is 11.5 Å². The van der Waals surface area contributed by atoms with Gasteiger partial charge in [-0.2, -0.15) is 0 Å². The smallest absolute Gasteiger partial charge is 0.265 e. The number of nitrogens with zero attached hydrogens (tertiary/aromatic N) is 1. The molecular weight excluding hydrogens is 431 g/mol. The highest BCUT2D eigenvalue weighted by Gasteiger charge is 2.29. The fraction of sp³-hybridized carbons (Fsp3) is 0.0952. The molecule has 1 N–H and O–H groups in total. The van der Waals surface area contributed by atoms with Crippen LogP contribution in [0, 0.1) is 12.7 Å². The molecule has 1 heterocycles. The summed E-state index contributed by atoms with van der Waals surface area (Å²) in [6, 6.07) is 12.7. The van der Waals surface area contributed by atoms with Crippen LogP contribution in [0.3, 0.4) is 0 Å². The van der Waals surface area contributed by atoms with E-state index in [1.165, 1.54) is 31.3 Å². The first-order valence-electron chi connectivity index (χ1n) is 8.85. The Morgan fingerprint density at radius 3 is 2.43 bits per heavy atom. The SMILES string of the molecule is Cc1ccc2c(c1)Oc1cc(Cl)c(S(=O)(=O)N(C)c3ccc(F)cc3)cc1C(=O)N2. The zero-order chi connectivity index (χ0) is 21.6. The van der Waals surface area contributed by atoms with Crippen molar-refractivity contribution in [3.05, 3.63) is 76.6 Å². The molecule has 0 radical (unpaired) electrons. The highest BCUT2D eigenvalue weighted by atomic mass is 35.5. The molecule has 1 aliphatic rings. The lowest BCUT2D eigenvalue weighted by Gasteiger charge is -2.21. The predicted octanol–water partition coefficient (Wildman–Crippen LogP) is 4.97. The van der Waals surface area contributed by atoms with Crippen LogP contribution >= 0.6 is 11.6 Å². The van der Waals surface area contributed by atoms with E-state index in [0.717, 1.165) is 22.0 Å². The van der Waals surface area contributed by atoms with E-state index in [1.807, 2.05) is 13.0 Å². The summed E-state index contributed by atoms with van der Waals surface area (Å²) in [4.78, 5) is 12.5. The summed E-state index contributed by atoms with van der Waals surface area (Å²) in [6.45, 7) is 1.88. The number of rotatable bonds is 3. The molecule has 4 rings (SSSR count). The second-order valence-electron chi connectivity index (χ2n) is 6.78. The lowest BCUT2D eigenvalue weighted by atomic mass is 10.2. The molecule has 3 aromatic carbocycles. The van der Waals surface area contributed by atoms with E-state index in [4.69, 9.17) is 16.3 Å². The molecule has 0 aliphatic carbocycles. The molecule has 3 aromatic rings. The van der Waals surface area contributed by atoms with E-state index in [2.05, 4.69) is 5.32 Å². The van der Waals surface area contributed by atoms with Crippen molar-refractivity contribution in [2.24, 2.45) is 0 Å². The van der Waals surface area contributed by atoms with Gasteiger partial charge in [-0.1, -0.05) is 17.7 Å². The quantitative estimate of drug-likeness (QED) is 0.616. The maximum absolute atomic E-state index is 13.2. The molecule has 6 nitrogen and oxygen atoms in total. The molecule has 9 heteroatoms. The van der Waals surface area contributed by atoms with Gasteiger partial charge in [-0.15, -0.1) is 0 Å². The summed E-state index contributed by atoms with van der Waals surface area (Å²) in [5.74, 6) is -0.441. The second kappa shape index (κ2) is 7.30. The minimum absolute atomic E-state index is 0.0272. The van der Waals surface area contributed by atoms with Gasteiger partial charge in [0.1, 0.15) is 16.5 Å². The fourth-order valence-corrected chi connectivity index (χ4v) is 4.77. The highest BCUT2D eigenvalue weighted by molar-refractivity contribution is 7.93. The number of halogens is 2. The minimum Gasteiger partial charge on any atom is -0.454 e. The molecule has 0 fully saturated rings. The number of carbonyl (C=O) groups is 1. The Hall–Kier alpha value is -3.10. The normalized spacial score (nSPS) is 12.9. The summed E-state index contributed by atoms with van der Waals surface area (Å²) in [5, 5.41) is 2.61. The van der Waals surface area contributed by atoms with Gasteiger partial charge in [0.25, 0.3) is 15.9 Å². The van der Waals surface area contributed by atoms with Crippen LogP contribution in [0.15, 0.2) is 59.5 Å². The molecule has 0 spiro atoms. The Bertz CT molecular complexity index is 1280. The number of anilines is 2. The molecule has 30 heavy (non-hydrogen) atoms. The topological polar surface area (TPSA) is 75.7 Å². The van der Waals surface area contributed by atoms with Crippen LogP contribution < -0.4 is 14.4 Å². The predicted molar refractivity (Wildman–Crippen MR) is 113 cm³/mol. The monoisotopic (exact) mass is 446 g/mol. The third kappa shape index (κ3) is 3.48. The van der Waals surface area contributed by atoms with E-state index in [9.17, 15) is 17.6 Å².